The molecule has 2 N–H and O–H groups in total. The summed E-state index contributed by atoms with van der Waals surface area (Å²) in [6.07, 6.45) is 28.0. The predicted octanol–water partition coefficient (Wildman–Crippen LogP) is 9.53. The van der Waals surface area contributed by atoms with Gasteiger partial charge < -0.3 is 15.2 Å². The van der Waals surface area contributed by atoms with Crippen molar-refractivity contribution in [2.24, 2.45) is 5.92 Å². The van der Waals surface area contributed by atoms with Gasteiger partial charge in [0.1, 0.15) is 6.04 Å². The monoisotopic (exact) mass is 567 g/mol. The van der Waals surface area contributed by atoms with Crippen molar-refractivity contribution >= 4 is 17.8 Å². The Morgan fingerprint density at radius 3 is 1.50 bits per heavy atom. The Labute approximate surface area is 247 Å². The van der Waals surface area contributed by atoms with E-state index in [-0.39, 0.29) is 12.5 Å². The van der Waals surface area contributed by atoms with E-state index in [1.165, 1.54) is 109 Å². The SMILES string of the molecule is CCCCCCCCCCCC(=O)N[C@@H](CC(=O)O)C(=O)OCCCCCCCCCCCCCCCC(C)C. The summed E-state index contributed by atoms with van der Waals surface area (Å²) in [6.45, 7) is 7.10. The van der Waals surface area contributed by atoms with Crippen LogP contribution in [0, 0.1) is 5.92 Å². The molecule has 0 fully saturated rings. The normalized spacial score (nSPS) is 12.0. The first-order valence-electron chi connectivity index (χ1n) is 17.0. The number of carbonyl (C=O) groups excluding carboxylic acids is 2. The van der Waals surface area contributed by atoms with E-state index < -0.39 is 24.4 Å². The van der Waals surface area contributed by atoms with Crippen molar-refractivity contribution < 1.29 is 24.2 Å². The summed E-state index contributed by atoms with van der Waals surface area (Å²) in [5.41, 5.74) is 0. The smallest absolute Gasteiger partial charge is 0.329 e. The Morgan fingerprint density at radius 1 is 0.625 bits per heavy atom. The van der Waals surface area contributed by atoms with Crippen LogP contribution in [0.2, 0.25) is 0 Å². The lowest BCUT2D eigenvalue weighted by molar-refractivity contribution is -0.151. The molecule has 0 aliphatic rings. The van der Waals surface area contributed by atoms with Crippen LogP contribution < -0.4 is 5.32 Å². The molecule has 1 atom stereocenters. The second kappa shape index (κ2) is 28.9. The lowest BCUT2D eigenvalue weighted by atomic mass is 10.0. The van der Waals surface area contributed by atoms with E-state index in [9.17, 15) is 14.4 Å². The number of esters is 1. The molecule has 0 saturated heterocycles. The first kappa shape index (κ1) is 38.4. The van der Waals surface area contributed by atoms with Gasteiger partial charge in [-0.05, 0) is 18.8 Å². The molecule has 0 rings (SSSR count). The number of rotatable bonds is 30. The van der Waals surface area contributed by atoms with Crippen molar-refractivity contribution in [2.75, 3.05) is 6.61 Å². The Balaban J connectivity index is 3.76. The van der Waals surface area contributed by atoms with E-state index in [1.54, 1.807) is 0 Å². The molecule has 0 aliphatic heterocycles. The van der Waals surface area contributed by atoms with E-state index in [2.05, 4.69) is 26.1 Å². The number of amides is 1. The first-order valence-corrected chi connectivity index (χ1v) is 17.0. The highest BCUT2D eigenvalue weighted by atomic mass is 16.5. The fourth-order valence-electron chi connectivity index (χ4n) is 5.10. The Bertz CT molecular complexity index is 607. The van der Waals surface area contributed by atoms with E-state index in [1.807, 2.05) is 0 Å². The van der Waals surface area contributed by atoms with E-state index in [4.69, 9.17) is 9.84 Å². The number of aliphatic carboxylic acids is 1. The van der Waals surface area contributed by atoms with Crippen molar-refractivity contribution in [3.8, 4) is 0 Å². The summed E-state index contributed by atoms with van der Waals surface area (Å²) in [6, 6.07) is -1.11. The molecule has 0 bridgehead atoms. The third-order valence-electron chi connectivity index (χ3n) is 7.68. The summed E-state index contributed by atoms with van der Waals surface area (Å²) >= 11 is 0. The van der Waals surface area contributed by atoms with Gasteiger partial charge in [-0.25, -0.2) is 4.79 Å². The Kier molecular flexibility index (Phi) is 27.8. The molecule has 0 aromatic rings. The lowest BCUT2D eigenvalue weighted by Crippen LogP contribution is -2.43. The third-order valence-corrected chi connectivity index (χ3v) is 7.68. The fourth-order valence-corrected chi connectivity index (χ4v) is 5.10. The summed E-state index contributed by atoms with van der Waals surface area (Å²) in [5, 5.41) is 11.7. The second-order valence-corrected chi connectivity index (χ2v) is 12.2. The zero-order valence-electron chi connectivity index (χ0n) is 26.6. The largest absolute Gasteiger partial charge is 0.481 e. The van der Waals surface area contributed by atoms with Crippen molar-refractivity contribution in [2.45, 2.75) is 187 Å². The number of hydrogen-bond donors (Lipinski definition) is 2. The summed E-state index contributed by atoms with van der Waals surface area (Å²) in [7, 11) is 0. The van der Waals surface area contributed by atoms with Gasteiger partial charge in [0.05, 0.1) is 13.0 Å². The van der Waals surface area contributed by atoms with Crippen molar-refractivity contribution in [1.29, 1.82) is 0 Å². The minimum atomic E-state index is -1.12. The van der Waals surface area contributed by atoms with Gasteiger partial charge in [-0.15, -0.1) is 0 Å². The van der Waals surface area contributed by atoms with E-state index >= 15 is 0 Å². The number of carbonyl (C=O) groups is 3. The van der Waals surface area contributed by atoms with Gasteiger partial charge in [0.2, 0.25) is 5.91 Å². The van der Waals surface area contributed by atoms with Crippen molar-refractivity contribution in [3.05, 3.63) is 0 Å². The Hall–Kier alpha value is -1.59. The molecule has 6 nitrogen and oxygen atoms in total. The summed E-state index contributed by atoms with van der Waals surface area (Å²) in [4.78, 5) is 35.9. The van der Waals surface area contributed by atoms with Crippen molar-refractivity contribution in [3.63, 3.8) is 0 Å². The molecule has 0 aromatic heterocycles. The van der Waals surface area contributed by atoms with Crippen LogP contribution >= 0.6 is 0 Å². The molecule has 0 aliphatic carbocycles. The fraction of sp³-hybridized carbons (Fsp3) is 0.912. The molecule has 6 heteroatoms. The van der Waals surface area contributed by atoms with E-state index in [0.29, 0.717) is 6.42 Å². The van der Waals surface area contributed by atoms with Crippen LogP contribution in [-0.4, -0.2) is 35.6 Å². The maximum absolute atomic E-state index is 12.4. The molecule has 0 heterocycles. The van der Waals surface area contributed by atoms with E-state index in [0.717, 1.165) is 44.4 Å². The molecule has 0 unspecified atom stereocenters. The average Bonchev–Trinajstić information content (AvgIpc) is 2.91. The zero-order chi connectivity index (χ0) is 29.7. The van der Waals surface area contributed by atoms with Crippen LogP contribution in [-0.2, 0) is 19.1 Å². The topological polar surface area (TPSA) is 92.7 Å². The standard InChI is InChI=1S/C34H65NO5/c1-4-5-6-7-8-14-18-21-24-27-32(36)35-31(29-33(37)38)34(39)40-28-25-22-19-16-13-11-9-10-12-15-17-20-23-26-30(2)3/h30-31H,4-29H2,1-3H3,(H,35,36)(H,37,38)/t31-/m0/s1. The highest BCUT2D eigenvalue weighted by molar-refractivity contribution is 5.87. The molecule has 40 heavy (non-hydrogen) atoms. The highest BCUT2D eigenvalue weighted by Crippen LogP contribution is 2.15. The quantitative estimate of drug-likeness (QED) is 0.0666. The van der Waals surface area contributed by atoms with Gasteiger partial charge in [-0.1, -0.05) is 156 Å². The van der Waals surface area contributed by atoms with Gasteiger partial charge in [0.25, 0.3) is 0 Å². The number of unbranched alkanes of at least 4 members (excludes halogenated alkanes) is 20. The maximum Gasteiger partial charge on any atom is 0.329 e. The molecule has 0 radical (unpaired) electrons. The molecular weight excluding hydrogens is 502 g/mol. The molecule has 0 spiro atoms. The molecule has 236 valence electrons. The second-order valence-electron chi connectivity index (χ2n) is 12.2. The third kappa shape index (κ3) is 28.0. The first-order chi connectivity index (χ1) is 19.4. The maximum atomic E-state index is 12.4. The number of ether oxygens (including phenoxy) is 1. The van der Waals surface area contributed by atoms with Gasteiger partial charge >= 0.3 is 11.9 Å². The van der Waals surface area contributed by atoms with Gasteiger partial charge in [-0.3, -0.25) is 9.59 Å². The molecule has 0 aromatic carbocycles. The number of hydrogen-bond acceptors (Lipinski definition) is 4. The van der Waals surface area contributed by atoms with Gasteiger partial charge in [-0.2, -0.15) is 0 Å². The average molecular weight is 568 g/mol. The summed E-state index contributed by atoms with van der Waals surface area (Å²) in [5.74, 6) is -1.19. The number of nitrogens with one attached hydrogen (secondary N) is 1. The van der Waals surface area contributed by atoms with Crippen LogP contribution in [0.15, 0.2) is 0 Å². The Morgan fingerprint density at radius 2 is 1.05 bits per heavy atom. The molecule has 0 saturated carbocycles. The zero-order valence-corrected chi connectivity index (χ0v) is 26.6. The minimum absolute atomic E-state index is 0.271. The summed E-state index contributed by atoms with van der Waals surface area (Å²) < 4.78 is 5.31. The van der Waals surface area contributed by atoms with Gasteiger partial charge in [0, 0.05) is 6.42 Å². The molecular formula is C34H65NO5. The van der Waals surface area contributed by atoms with Crippen LogP contribution in [0.5, 0.6) is 0 Å². The minimum Gasteiger partial charge on any atom is -0.481 e. The number of carboxylic acid groups (broad SMARTS) is 1. The molecule has 1 amide bonds. The highest BCUT2D eigenvalue weighted by Gasteiger charge is 2.25. The van der Waals surface area contributed by atoms with Crippen LogP contribution in [0.1, 0.15) is 181 Å². The lowest BCUT2D eigenvalue weighted by Gasteiger charge is -2.16. The van der Waals surface area contributed by atoms with Crippen molar-refractivity contribution in [1.82, 2.24) is 5.32 Å². The van der Waals surface area contributed by atoms with Gasteiger partial charge in [0.15, 0.2) is 0 Å². The number of carboxylic acids is 1. The van der Waals surface area contributed by atoms with Crippen LogP contribution in [0.4, 0.5) is 0 Å². The van der Waals surface area contributed by atoms with Crippen LogP contribution in [0.3, 0.4) is 0 Å². The predicted molar refractivity (Wildman–Crippen MR) is 166 cm³/mol. The van der Waals surface area contributed by atoms with Crippen LogP contribution in [0.25, 0.3) is 0 Å².